The summed E-state index contributed by atoms with van der Waals surface area (Å²) in [6, 6.07) is 0.239. The van der Waals surface area contributed by atoms with E-state index in [9.17, 15) is 4.79 Å². The van der Waals surface area contributed by atoms with Crippen molar-refractivity contribution in [3.8, 4) is 0 Å². The molecule has 0 radical (unpaired) electrons. The van der Waals surface area contributed by atoms with Gasteiger partial charge in [-0.25, -0.2) is 9.67 Å². The van der Waals surface area contributed by atoms with E-state index < -0.39 is 0 Å². The second-order valence-electron chi connectivity index (χ2n) is 5.33. The first kappa shape index (κ1) is 15.6. The quantitative estimate of drug-likeness (QED) is 0.698. The Morgan fingerprint density at radius 2 is 2.11 bits per heavy atom. The highest BCUT2D eigenvalue weighted by Crippen LogP contribution is 2.08. The van der Waals surface area contributed by atoms with Crippen molar-refractivity contribution in [2.75, 3.05) is 13.7 Å². The number of methoxy groups -OCH3 is 1. The van der Waals surface area contributed by atoms with Crippen molar-refractivity contribution in [3.63, 3.8) is 0 Å². The van der Waals surface area contributed by atoms with Crippen LogP contribution in [0.2, 0.25) is 0 Å². The van der Waals surface area contributed by atoms with Crippen LogP contribution in [0.3, 0.4) is 0 Å². The fourth-order valence-corrected chi connectivity index (χ4v) is 1.74. The predicted molar refractivity (Wildman–Crippen MR) is 72.4 cm³/mol. The van der Waals surface area contributed by atoms with Gasteiger partial charge in [-0.3, -0.25) is 9.69 Å². The summed E-state index contributed by atoms with van der Waals surface area (Å²) >= 11 is 0. The molecule has 0 aliphatic heterocycles. The number of hydrogen-bond donors (Lipinski definition) is 0. The van der Waals surface area contributed by atoms with Gasteiger partial charge in [-0.2, -0.15) is 5.10 Å². The minimum absolute atomic E-state index is 0.233. The SMILES string of the molecule is COC(=O)CN(Cc1ncnn1CC(C)C)C(C)C. The molecule has 6 heteroatoms. The van der Waals surface area contributed by atoms with Crippen molar-refractivity contribution >= 4 is 5.97 Å². The first-order chi connectivity index (χ1) is 8.93. The van der Waals surface area contributed by atoms with Crippen LogP contribution < -0.4 is 0 Å². The smallest absolute Gasteiger partial charge is 0.319 e. The summed E-state index contributed by atoms with van der Waals surface area (Å²) in [5.74, 6) is 1.16. The molecular formula is C13H24N4O2. The van der Waals surface area contributed by atoms with Crippen LogP contribution >= 0.6 is 0 Å². The van der Waals surface area contributed by atoms with E-state index in [2.05, 4.69) is 23.9 Å². The highest BCUT2D eigenvalue weighted by Gasteiger charge is 2.17. The Labute approximate surface area is 114 Å². The maximum Gasteiger partial charge on any atom is 0.319 e. The molecule has 0 aliphatic rings. The number of ether oxygens (including phenoxy) is 1. The topological polar surface area (TPSA) is 60.2 Å². The van der Waals surface area contributed by atoms with Crippen LogP contribution in [0.25, 0.3) is 0 Å². The molecule has 0 saturated carbocycles. The van der Waals surface area contributed by atoms with Gasteiger partial charge < -0.3 is 4.74 Å². The van der Waals surface area contributed by atoms with Gasteiger partial charge in [-0.1, -0.05) is 13.8 Å². The van der Waals surface area contributed by atoms with E-state index in [1.165, 1.54) is 7.11 Å². The number of carbonyl (C=O) groups excluding carboxylic acids is 1. The van der Waals surface area contributed by atoms with Gasteiger partial charge in [-0.05, 0) is 19.8 Å². The molecule has 6 nitrogen and oxygen atoms in total. The molecule has 0 aliphatic carbocycles. The van der Waals surface area contributed by atoms with E-state index in [-0.39, 0.29) is 18.6 Å². The van der Waals surface area contributed by atoms with Crippen LogP contribution in [0.1, 0.15) is 33.5 Å². The summed E-state index contributed by atoms with van der Waals surface area (Å²) in [5, 5.41) is 4.23. The molecule has 1 aromatic heterocycles. The van der Waals surface area contributed by atoms with E-state index in [4.69, 9.17) is 4.74 Å². The van der Waals surface area contributed by atoms with Crippen LogP contribution in [-0.2, 0) is 22.6 Å². The monoisotopic (exact) mass is 268 g/mol. The zero-order chi connectivity index (χ0) is 14.4. The van der Waals surface area contributed by atoms with E-state index in [0.717, 1.165) is 12.4 Å². The van der Waals surface area contributed by atoms with Crippen LogP contribution in [-0.4, -0.2) is 45.3 Å². The third-order valence-corrected chi connectivity index (χ3v) is 2.87. The third kappa shape index (κ3) is 4.98. The Morgan fingerprint density at radius 1 is 1.42 bits per heavy atom. The number of aromatic nitrogens is 3. The number of carbonyl (C=O) groups is 1. The summed E-state index contributed by atoms with van der Waals surface area (Å²) in [6.07, 6.45) is 1.56. The van der Waals surface area contributed by atoms with E-state index in [0.29, 0.717) is 12.5 Å². The third-order valence-electron chi connectivity index (χ3n) is 2.87. The fourth-order valence-electron chi connectivity index (χ4n) is 1.74. The molecule has 0 bridgehead atoms. The van der Waals surface area contributed by atoms with E-state index in [1.807, 2.05) is 23.4 Å². The fraction of sp³-hybridized carbons (Fsp3) is 0.769. The van der Waals surface area contributed by atoms with Crippen molar-refractivity contribution in [1.29, 1.82) is 0 Å². The lowest BCUT2D eigenvalue weighted by atomic mass is 10.2. The van der Waals surface area contributed by atoms with Gasteiger partial charge in [0.1, 0.15) is 12.2 Å². The molecular weight excluding hydrogens is 244 g/mol. The molecule has 0 aromatic carbocycles. The Balaban J connectivity index is 2.73. The zero-order valence-electron chi connectivity index (χ0n) is 12.5. The minimum atomic E-state index is -0.233. The maximum absolute atomic E-state index is 11.4. The number of hydrogen-bond acceptors (Lipinski definition) is 5. The summed E-state index contributed by atoms with van der Waals surface area (Å²) in [5.41, 5.74) is 0. The Kier molecular flexibility index (Phi) is 5.95. The predicted octanol–water partition coefficient (Wildman–Crippen LogP) is 1.32. The summed E-state index contributed by atoms with van der Waals surface area (Å²) in [4.78, 5) is 17.7. The van der Waals surface area contributed by atoms with Gasteiger partial charge in [0.15, 0.2) is 0 Å². The van der Waals surface area contributed by atoms with Gasteiger partial charge in [0.2, 0.25) is 0 Å². The van der Waals surface area contributed by atoms with Crippen LogP contribution in [0.4, 0.5) is 0 Å². The molecule has 1 aromatic rings. The molecule has 19 heavy (non-hydrogen) atoms. The lowest BCUT2D eigenvalue weighted by Crippen LogP contribution is -2.36. The second kappa shape index (κ2) is 7.23. The normalized spacial score (nSPS) is 11.6. The maximum atomic E-state index is 11.4. The van der Waals surface area contributed by atoms with Crippen molar-refractivity contribution in [1.82, 2.24) is 19.7 Å². The van der Waals surface area contributed by atoms with Crippen LogP contribution in [0.5, 0.6) is 0 Å². The van der Waals surface area contributed by atoms with E-state index in [1.54, 1.807) is 6.33 Å². The summed E-state index contributed by atoms with van der Waals surface area (Å²) in [6.45, 7) is 10.1. The van der Waals surface area contributed by atoms with Gasteiger partial charge in [-0.15, -0.1) is 0 Å². The second-order valence-corrected chi connectivity index (χ2v) is 5.33. The van der Waals surface area contributed by atoms with Gasteiger partial charge in [0.25, 0.3) is 0 Å². The Hall–Kier alpha value is -1.43. The molecule has 0 N–H and O–H groups in total. The first-order valence-corrected chi connectivity index (χ1v) is 6.61. The first-order valence-electron chi connectivity index (χ1n) is 6.61. The Bertz CT molecular complexity index is 401. The summed E-state index contributed by atoms with van der Waals surface area (Å²) in [7, 11) is 1.40. The Morgan fingerprint density at radius 3 is 2.63 bits per heavy atom. The highest BCUT2D eigenvalue weighted by molar-refractivity contribution is 5.71. The average Bonchev–Trinajstić information content (AvgIpc) is 2.74. The molecule has 1 rings (SSSR count). The van der Waals surface area contributed by atoms with Gasteiger partial charge in [0.05, 0.1) is 20.2 Å². The number of rotatable bonds is 7. The lowest BCUT2D eigenvalue weighted by Gasteiger charge is -2.24. The molecule has 0 saturated heterocycles. The molecule has 0 spiro atoms. The van der Waals surface area contributed by atoms with Crippen molar-refractivity contribution in [2.24, 2.45) is 5.92 Å². The molecule has 0 unspecified atom stereocenters. The lowest BCUT2D eigenvalue weighted by molar-refractivity contribution is -0.142. The molecule has 0 atom stereocenters. The standard InChI is InChI=1S/C13H24N4O2/c1-10(2)6-17-12(14-9-15-17)7-16(11(3)4)8-13(18)19-5/h9-11H,6-8H2,1-5H3. The highest BCUT2D eigenvalue weighted by atomic mass is 16.5. The molecule has 108 valence electrons. The molecule has 0 fully saturated rings. The van der Waals surface area contributed by atoms with Crippen molar-refractivity contribution < 1.29 is 9.53 Å². The van der Waals surface area contributed by atoms with Gasteiger partial charge >= 0.3 is 5.97 Å². The average molecular weight is 268 g/mol. The van der Waals surface area contributed by atoms with E-state index >= 15 is 0 Å². The van der Waals surface area contributed by atoms with Crippen molar-refractivity contribution in [2.45, 2.75) is 46.8 Å². The number of nitrogens with zero attached hydrogens (tertiary/aromatic N) is 4. The number of esters is 1. The van der Waals surface area contributed by atoms with Crippen LogP contribution in [0, 0.1) is 5.92 Å². The molecule has 1 heterocycles. The summed E-state index contributed by atoms with van der Waals surface area (Å²) < 4.78 is 6.62. The molecule has 0 amide bonds. The van der Waals surface area contributed by atoms with Crippen LogP contribution in [0.15, 0.2) is 6.33 Å². The largest absolute Gasteiger partial charge is 0.468 e. The zero-order valence-corrected chi connectivity index (χ0v) is 12.5. The van der Waals surface area contributed by atoms with Crippen molar-refractivity contribution in [3.05, 3.63) is 12.2 Å². The minimum Gasteiger partial charge on any atom is -0.468 e. The van der Waals surface area contributed by atoms with Gasteiger partial charge in [0, 0.05) is 12.6 Å².